The number of hydrogen-bond donors (Lipinski definition) is 0. The van der Waals surface area contributed by atoms with Crippen LogP contribution in [0.15, 0.2) is 171 Å². The maximum absolute atomic E-state index is 7.43. The summed E-state index contributed by atoms with van der Waals surface area (Å²) in [7, 11) is -1.98. The summed E-state index contributed by atoms with van der Waals surface area (Å²) in [6, 6.07) is 54.1. The van der Waals surface area contributed by atoms with Crippen LogP contribution in [0.3, 0.4) is 0 Å². The molecule has 250 valence electrons. The van der Waals surface area contributed by atoms with Crippen LogP contribution in [-0.4, -0.2) is 24.1 Å². The van der Waals surface area contributed by atoms with Crippen molar-refractivity contribution in [3.8, 4) is 0 Å². The van der Waals surface area contributed by atoms with Crippen molar-refractivity contribution in [2.75, 3.05) is 6.61 Å². The van der Waals surface area contributed by atoms with Gasteiger partial charge in [-0.2, -0.15) is 0 Å². The Balaban J connectivity index is 1.29. The average molecular weight is 686 g/mol. The van der Waals surface area contributed by atoms with Crippen molar-refractivity contribution in [2.45, 2.75) is 31.4 Å². The van der Waals surface area contributed by atoms with E-state index in [1.54, 1.807) is 0 Å². The normalized spacial score (nSPS) is 14.6. The molecular formula is C45H36NO4P. The summed E-state index contributed by atoms with van der Waals surface area (Å²) in [5.74, 6) is 0.623. The van der Waals surface area contributed by atoms with E-state index in [4.69, 9.17) is 22.6 Å². The number of rotatable bonds is 8. The predicted octanol–water partition coefficient (Wildman–Crippen LogP) is 11.4. The molecule has 0 amide bonds. The number of nitrogens with zero attached hydrogens (tertiary/aromatic N) is 1. The van der Waals surface area contributed by atoms with Crippen molar-refractivity contribution in [3.05, 3.63) is 180 Å². The maximum atomic E-state index is 7.43. The third-order valence-electron chi connectivity index (χ3n) is 9.88. The molecule has 0 bridgehead atoms. The molecule has 1 atom stereocenters. The summed E-state index contributed by atoms with van der Waals surface area (Å²) >= 11 is 0. The van der Waals surface area contributed by atoms with E-state index in [2.05, 4.69) is 153 Å². The molecule has 2 heterocycles. The van der Waals surface area contributed by atoms with Crippen LogP contribution in [-0.2, 0) is 17.6 Å². The number of fused-ring (bicyclic) bond motifs is 7. The molecule has 9 rings (SSSR count). The van der Waals surface area contributed by atoms with Gasteiger partial charge in [-0.3, -0.25) is 4.52 Å². The number of aliphatic imine (C=N–C) groups is 1. The molecule has 7 aromatic carbocycles. The Morgan fingerprint density at radius 1 is 0.608 bits per heavy atom. The molecule has 0 aliphatic carbocycles. The fourth-order valence-electron chi connectivity index (χ4n) is 7.34. The Labute approximate surface area is 297 Å². The molecule has 5 nitrogen and oxygen atoms in total. The second kappa shape index (κ2) is 13.3. The molecule has 0 saturated carbocycles. The van der Waals surface area contributed by atoms with Crippen LogP contribution in [0.4, 0.5) is 0 Å². The van der Waals surface area contributed by atoms with Gasteiger partial charge in [0.1, 0.15) is 29.4 Å². The molecule has 0 spiro atoms. The van der Waals surface area contributed by atoms with E-state index in [9.17, 15) is 0 Å². The Hall–Kier alpha value is -5.61. The molecule has 0 saturated heterocycles. The van der Waals surface area contributed by atoms with Crippen molar-refractivity contribution in [3.63, 3.8) is 0 Å². The second-order valence-corrected chi connectivity index (χ2v) is 14.3. The Kier molecular flexibility index (Phi) is 8.16. The van der Waals surface area contributed by atoms with E-state index in [0.29, 0.717) is 25.3 Å². The molecule has 1 aliphatic rings. The summed E-state index contributed by atoms with van der Waals surface area (Å²) in [4.78, 5) is 5.28. The van der Waals surface area contributed by atoms with Gasteiger partial charge in [-0.05, 0) is 63.9 Å². The fraction of sp³-hybridized carbons (Fsp3) is 0.133. The SMILES string of the molecule is Cc1ccc(C2=N[C@@H](C(Cc3ccccc3)(Cc3ccccc3)Op3oc4ccc5ccccc5c4c4c(ccc5ccccc54)o3)CO2)cc1. The third kappa shape index (κ3) is 6.10. The monoisotopic (exact) mass is 685 g/mol. The summed E-state index contributed by atoms with van der Waals surface area (Å²) in [5, 5.41) is 6.49. The van der Waals surface area contributed by atoms with Gasteiger partial charge in [-0.1, -0.05) is 139 Å². The topological polar surface area (TPSA) is 57.1 Å². The van der Waals surface area contributed by atoms with E-state index >= 15 is 0 Å². The summed E-state index contributed by atoms with van der Waals surface area (Å²) < 4.78 is 27.7. The molecule has 0 N–H and O–H groups in total. The molecule has 51 heavy (non-hydrogen) atoms. The van der Waals surface area contributed by atoms with Crippen LogP contribution in [0.1, 0.15) is 22.3 Å². The minimum atomic E-state index is -1.98. The van der Waals surface area contributed by atoms with Crippen LogP contribution in [0.5, 0.6) is 0 Å². The van der Waals surface area contributed by atoms with Crippen LogP contribution in [0.25, 0.3) is 43.5 Å². The second-order valence-electron chi connectivity index (χ2n) is 13.3. The highest BCUT2D eigenvalue weighted by Gasteiger charge is 2.46. The van der Waals surface area contributed by atoms with Gasteiger partial charge < -0.3 is 13.1 Å². The smallest absolute Gasteiger partial charge is 0.388 e. The van der Waals surface area contributed by atoms with Crippen molar-refractivity contribution >= 4 is 57.6 Å². The lowest BCUT2D eigenvalue weighted by Crippen LogP contribution is -2.51. The van der Waals surface area contributed by atoms with E-state index < -0.39 is 13.8 Å². The van der Waals surface area contributed by atoms with Gasteiger partial charge in [0, 0.05) is 29.2 Å². The standard InChI is InChI=1S/C45H36NO4P/c1-31-20-22-36(23-21-31)44-46-41(30-47-44)45(28-32-12-4-2-5-13-32,29-33-14-6-3-7-15-33)50-51-48-39-26-24-34-16-8-10-18-37(34)42(39)43-38-19-11-9-17-35(38)25-27-40(43)49-51/h2-27,41H,28-30H2,1H3/t41-/m1/s1. The molecule has 0 radical (unpaired) electrons. The summed E-state index contributed by atoms with van der Waals surface area (Å²) in [5.41, 5.74) is 4.98. The predicted molar refractivity (Wildman–Crippen MR) is 208 cm³/mol. The van der Waals surface area contributed by atoms with Crippen LogP contribution in [0, 0.1) is 6.92 Å². The zero-order valence-electron chi connectivity index (χ0n) is 28.2. The van der Waals surface area contributed by atoms with Gasteiger partial charge in [-0.15, -0.1) is 0 Å². The van der Waals surface area contributed by atoms with Crippen molar-refractivity contribution in [1.82, 2.24) is 0 Å². The van der Waals surface area contributed by atoms with Crippen LogP contribution in [0.2, 0.25) is 0 Å². The Morgan fingerprint density at radius 2 is 1.12 bits per heavy atom. The highest BCUT2D eigenvalue weighted by Crippen LogP contribution is 2.44. The molecule has 1 aliphatic heterocycles. The first-order valence-electron chi connectivity index (χ1n) is 17.4. The lowest BCUT2D eigenvalue weighted by Gasteiger charge is -2.35. The molecule has 0 fully saturated rings. The molecule has 6 heteroatoms. The Bertz CT molecular complexity index is 2440. The maximum Gasteiger partial charge on any atom is 0.388 e. The summed E-state index contributed by atoms with van der Waals surface area (Å²) in [6.45, 7) is 2.45. The van der Waals surface area contributed by atoms with E-state index in [1.807, 2.05) is 12.1 Å². The zero-order valence-corrected chi connectivity index (χ0v) is 29.1. The van der Waals surface area contributed by atoms with E-state index in [1.165, 1.54) is 5.56 Å². The fourth-order valence-corrected chi connectivity index (χ4v) is 8.62. The van der Waals surface area contributed by atoms with Gasteiger partial charge in [0.15, 0.2) is 0 Å². The summed E-state index contributed by atoms with van der Waals surface area (Å²) in [6.07, 6.45) is 1.14. The highest BCUT2D eigenvalue weighted by atomic mass is 31.1. The highest BCUT2D eigenvalue weighted by molar-refractivity contribution is 7.31. The van der Waals surface area contributed by atoms with Gasteiger partial charge in [0.25, 0.3) is 0 Å². The zero-order chi connectivity index (χ0) is 34.2. The number of ether oxygens (including phenoxy) is 1. The third-order valence-corrected chi connectivity index (χ3v) is 11.1. The number of benzene rings is 7. The van der Waals surface area contributed by atoms with Crippen LogP contribution >= 0.6 is 8.24 Å². The molecule has 8 aromatic rings. The van der Waals surface area contributed by atoms with Gasteiger partial charge in [-0.25, -0.2) is 4.99 Å². The molecule has 1 aromatic heterocycles. The van der Waals surface area contributed by atoms with Gasteiger partial charge >= 0.3 is 8.24 Å². The first-order chi connectivity index (χ1) is 25.1. The lowest BCUT2D eigenvalue weighted by molar-refractivity contribution is 0.0715. The molecule has 0 unspecified atom stereocenters. The first kappa shape index (κ1) is 31.4. The molecular weight excluding hydrogens is 649 g/mol. The van der Waals surface area contributed by atoms with E-state index in [-0.39, 0.29) is 6.04 Å². The number of hydrogen-bond acceptors (Lipinski definition) is 5. The van der Waals surface area contributed by atoms with Crippen molar-refractivity contribution in [2.24, 2.45) is 4.99 Å². The minimum Gasteiger partial charge on any atom is -0.475 e. The van der Waals surface area contributed by atoms with Gasteiger partial charge in [0.05, 0.1) is 0 Å². The first-order valence-corrected chi connectivity index (χ1v) is 18.5. The van der Waals surface area contributed by atoms with Gasteiger partial charge in [0.2, 0.25) is 5.90 Å². The largest absolute Gasteiger partial charge is 0.475 e. The Morgan fingerprint density at radius 3 is 1.67 bits per heavy atom. The minimum absolute atomic E-state index is 0.348. The van der Waals surface area contributed by atoms with Crippen LogP contribution < -0.4 is 4.52 Å². The number of aryl methyl sites for hydroxylation is 1. The quantitative estimate of drug-likeness (QED) is 0.160. The van der Waals surface area contributed by atoms with Crippen molar-refractivity contribution < 1.29 is 17.7 Å². The average Bonchev–Trinajstić information content (AvgIpc) is 3.61. The van der Waals surface area contributed by atoms with Crippen molar-refractivity contribution in [1.29, 1.82) is 0 Å². The lowest BCUT2D eigenvalue weighted by atomic mass is 9.82. The van der Waals surface area contributed by atoms with E-state index in [0.717, 1.165) is 60.2 Å².